The van der Waals surface area contributed by atoms with E-state index in [0.717, 1.165) is 0 Å². The molecule has 3 N–H and O–H groups in total. The smallest absolute Gasteiger partial charge is 0.343 e. The van der Waals surface area contributed by atoms with E-state index in [1.165, 1.54) is 6.92 Å². The number of nitrogens with two attached hydrogens (primary N) is 1. The van der Waals surface area contributed by atoms with Crippen LogP contribution in [0.1, 0.15) is 15.9 Å². The zero-order valence-corrected chi connectivity index (χ0v) is 10.8. The summed E-state index contributed by atoms with van der Waals surface area (Å²) in [6, 6.07) is 0. The Morgan fingerprint density at radius 2 is 2.10 bits per heavy atom. The van der Waals surface area contributed by atoms with Crippen molar-refractivity contribution < 1.29 is 19.6 Å². The monoisotopic (exact) mass is 282 g/mol. The second-order valence-corrected chi connectivity index (χ2v) is 4.33. The number of anilines is 2. The number of rotatable bonds is 3. The lowest BCUT2D eigenvalue weighted by Gasteiger charge is -2.28. The molecule has 0 aromatic carbocycles. The number of morpholine rings is 1. The average molecular weight is 282 g/mol. The maximum absolute atomic E-state index is 11.3. The molecule has 108 valence electrons. The Labute approximate surface area is 114 Å². The molecular formula is C11H14N4O5. The predicted molar refractivity (Wildman–Crippen MR) is 70.0 cm³/mol. The van der Waals surface area contributed by atoms with Gasteiger partial charge >= 0.3 is 11.7 Å². The first kappa shape index (κ1) is 14.0. The van der Waals surface area contributed by atoms with Gasteiger partial charge in [-0.25, -0.2) is 9.78 Å². The standard InChI is InChI=1S/C11H14N4O5/c1-6-7(11(16)17)8(15(18)19)10(13-9(6)12)14-2-4-20-5-3-14/h2-5H2,1H3,(H2,12,13)(H,16,17). The third-order valence-electron chi connectivity index (χ3n) is 3.14. The quantitative estimate of drug-likeness (QED) is 0.602. The summed E-state index contributed by atoms with van der Waals surface area (Å²) >= 11 is 0. The van der Waals surface area contributed by atoms with Crippen LogP contribution >= 0.6 is 0 Å². The Morgan fingerprint density at radius 3 is 2.60 bits per heavy atom. The lowest BCUT2D eigenvalue weighted by molar-refractivity contribution is -0.384. The Kier molecular flexibility index (Phi) is 3.70. The van der Waals surface area contributed by atoms with E-state index in [1.54, 1.807) is 4.90 Å². The molecule has 2 rings (SSSR count). The van der Waals surface area contributed by atoms with Gasteiger partial charge in [-0.2, -0.15) is 0 Å². The third-order valence-corrected chi connectivity index (χ3v) is 3.14. The number of pyridine rings is 1. The van der Waals surface area contributed by atoms with Crippen molar-refractivity contribution >= 4 is 23.3 Å². The minimum absolute atomic E-state index is 0.0150. The number of nitro groups is 1. The van der Waals surface area contributed by atoms with Crippen LogP contribution in [-0.2, 0) is 4.74 Å². The van der Waals surface area contributed by atoms with Crippen LogP contribution in [0, 0.1) is 17.0 Å². The molecule has 20 heavy (non-hydrogen) atoms. The fraction of sp³-hybridized carbons (Fsp3) is 0.455. The predicted octanol–water partition coefficient (Wildman–Crippen LogP) is 0.415. The molecule has 0 saturated carbocycles. The number of ether oxygens (including phenoxy) is 1. The van der Waals surface area contributed by atoms with Crippen molar-refractivity contribution in [1.29, 1.82) is 0 Å². The first-order chi connectivity index (χ1) is 9.43. The molecule has 0 atom stereocenters. The van der Waals surface area contributed by atoms with Crippen LogP contribution in [0.5, 0.6) is 0 Å². The maximum atomic E-state index is 11.3. The number of carbonyl (C=O) groups is 1. The molecule has 9 nitrogen and oxygen atoms in total. The lowest BCUT2D eigenvalue weighted by atomic mass is 10.1. The van der Waals surface area contributed by atoms with Gasteiger partial charge in [0.05, 0.1) is 18.1 Å². The zero-order valence-electron chi connectivity index (χ0n) is 10.8. The van der Waals surface area contributed by atoms with Crippen molar-refractivity contribution in [2.45, 2.75) is 6.92 Å². The van der Waals surface area contributed by atoms with E-state index >= 15 is 0 Å². The lowest BCUT2D eigenvalue weighted by Crippen LogP contribution is -2.37. The number of carboxylic acid groups (broad SMARTS) is 1. The summed E-state index contributed by atoms with van der Waals surface area (Å²) in [6.07, 6.45) is 0. The van der Waals surface area contributed by atoms with Crippen LogP contribution < -0.4 is 10.6 Å². The number of nitrogens with zero attached hydrogens (tertiary/aromatic N) is 3. The van der Waals surface area contributed by atoms with Crippen LogP contribution in [0.15, 0.2) is 0 Å². The molecule has 0 spiro atoms. The summed E-state index contributed by atoms with van der Waals surface area (Å²) in [5.41, 5.74) is 4.84. The van der Waals surface area contributed by atoms with E-state index in [-0.39, 0.29) is 17.2 Å². The summed E-state index contributed by atoms with van der Waals surface area (Å²) in [4.78, 5) is 27.5. The van der Waals surface area contributed by atoms with E-state index in [1.807, 2.05) is 0 Å². The van der Waals surface area contributed by atoms with Crippen molar-refractivity contribution in [2.24, 2.45) is 0 Å². The summed E-state index contributed by atoms with van der Waals surface area (Å²) < 4.78 is 5.17. The van der Waals surface area contributed by atoms with Gasteiger partial charge in [-0.1, -0.05) is 0 Å². The Balaban J connectivity index is 2.66. The average Bonchev–Trinajstić information content (AvgIpc) is 2.41. The van der Waals surface area contributed by atoms with E-state index in [9.17, 15) is 20.0 Å². The number of carboxylic acids is 1. The summed E-state index contributed by atoms with van der Waals surface area (Å²) in [7, 11) is 0. The van der Waals surface area contributed by atoms with Gasteiger partial charge in [-0.05, 0) is 6.92 Å². The molecule has 0 bridgehead atoms. The highest BCUT2D eigenvalue weighted by Crippen LogP contribution is 2.34. The van der Waals surface area contributed by atoms with Gasteiger partial charge in [0.25, 0.3) is 0 Å². The third kappa shape index (κ3) is 2.35. The Morgan fingerprint density at radius 1 is 1.50 bits per heavy atom. The number of hydrogen-bond donors (Lipinski definition) is 2. The molecule has 1 saturated heterocycles. The number of aromatic nitrogens is 1. The van der Waals surface area contributed by atoms with Crippen molar-refractivity contribution in [2.75, 3.05) is 36.9 Å². The van der Waals surface area contributed by atoms with E-state index in [2.05, 4.69) is 4.98 Å². The van der Waals surface area contributed by atoms with E-state index < -0.39 is 22.1 Å². The van der Waals surface area contributed by atoms with Gasteiger partial charge in [0.15, 0.2) is 0 Å². The van der Waals surface area contributed by atoms with Gasteiger partial charge in [-0.15, -0.1) is 0 Å². The molecule has 1 aromatic rings. The minimum Gasteiger partial charge on any atom is -0.477 e. The molecule has 0 amide bonds. The van der Waals surface area contributed by atoms with Gasteiger partial charge in [0, 0.05) is 18.7 Å². The van der Waals surface area contributed by atoms with Crippen LogP contribution in [0.3, 0.4) is 0 Å². The maximum Gasteiger partial charge on any atom is 0.343 e. The van der Waals surface area contributed by atoms with Crippen LogP contribution in [0.25, 0.3) is 0 Å². The molecule has 2 heterocycles. The molecule has 0 unspecified atom stereocenters. The SMILES string of the molecule is Cc1c(N)nc(N2CCOCC2)c([N+](=O)[O-])c1C(=O)O. The van der Waals surface area contributed by atoms with Crippen molar-refractivity contribution in [1.82, 2.24) is 4.98 Å². The van der Waals surface area contributed by atoms with Gasteiger partial charge in [0.2, 0.25) is 5.82 Å². The summed E-state index contributed by atoms with van der Waals surface area (Å²) in [5, 5.41) is 20.5. The number of nitrogen functional groups attached to an aromatic ring is 1. The fourth-order valence-corrected chi connectivity index (χ4v) is 2.10. The fourth-order valence-electron chi connectivity index (χ4n) is 2.10. The van der Waals surface area contributed by atoms with Crippen molar-refractivity contribution in [3.8, 4) is 0 Å². The summed E-state index contributed by atoms with van der Waals surface area (Å²) in [6.45, 7) is 3.00. The number of aromatic carboxylic acids is 1. The van der Waals surface area contributed by atoms with Gasteiger partial charge in [-0.3, -0.25) is 10.1 Å². The normalized spacial score (nSPS) is 15.2. The first-order valence-electron chi connectivity index (χ1n) is 5.94. The molecule has 0 radical (unpaired) electrons. The van der Waals surface area contributed by atoms with Gasteiger partial charge < -0.3 is 20.5 Å². The van der Waals surface area contributed by atoms with Crippen LogP contribution in [0.4, 0.5) is 17.3 Å². The minimum atomic E-state index is -1.39. The number of hydrogen-bond acceptors (Lipinski definition) is 7. The highest BCUT2D eigenvalue weighted by atomic mass is 16.6. The molecule has 9 heteroatoms. The molecule has 1 aromatic heterocycles. The van der Waals surface area contributed by atoms with E-state index in [4.69, 9.17) is 10.5 Å². The van der Waals surface area contributed by atoms with E-state index in [0.29, 0.717) is 26.3 Å². The molecular weight excluding hydrogens is 268 g/mol. The van der Waals surface area contributed by atoms with Crippen molar-refractivity contribution in [3.05, 3.63) is 21.2 Å². The van der Waals surface area contributed by atoms with Crippen LogP contribution in [-0.4, -0.2) is 47.3 Å². The molecule has 1 fully saturated rings. The molecule has 0 aliphatic carbocycles. The Hall–Kier alpha value is -2.42. The largest absolute Gasteiger partial charge is 0.477 e. The Bertz CT molecular complexity index is 568. The summed E-state index contributed by atoms with van der Waals surface area (Å²) in [5.74, 6) is -1.42. The van der Waals surface area contributed by atoms with Gasteiger partial charge in [0.1, 0.15) is 11.4 Å². The van der Waals surface area contributed by atoms with Crippen molar-refractivity contribution in [3.63, 3.8) is 0 Å². The second kappa shape index (κ2) is 5.29. The van der Waals surface area contributed by atoms with Crippen LogP contribution in [0.2, 0.25) is 0 Å². The zero-order chi connectivity index (χ0) is 14.9. The topological polar surface area (TPSA) is 132 Å². The second-order valence-electron chi connectivity index (χ2n) is 4.33. The molecule has 1 aliphatic rings. The highest BCUT2D eigenvalue weighted by Gasteiger charge is 2.33. The molecule has 1 aliphatic heterocycles. The highest BCUT2D eigenvalue weighted by molar-refractivity contribution is 5.98. The first-order valence-corrected chi connectivity index (χ1v) is 5.94.